The maximum Gasteiger partial charge on any atom is 0.338 e. The topological polar surface area (TPSA) is 79.3 Å². The molecule has 5 nitrogen and oxygen atoms in total. The van der Waals surface area contributed by atoms with Crippen LogP contribution in [0.5, 0.6) is 0 Å². The number of rotatable bonds is 6. The molecule has 0 aliphatic carbocycles. The first-order valence-electron chi connectivity index (χ1n) is 6.32. The van der Waals surface area contributed by atoms with Gasteiger partial charge in [0.15, 0.2) is 0 Å². The zero-order chi connectivity index (χ0) is 14.3. The molecule has 1 aromatic carbocycles. The van der Waals surface area contributed by atoms with E-state index in [2.05, 4.69) is 6.07 Å². The number of nitrogens with two attached hydrogens (primary N) is 1. The van der Waals surface area contributed by atoms with Crippen molar-refractivity contribution in [3.05, 3.63) is 23.8 Å². The first-order valence-corrected chi connectivity index (χ1v) is 6.32. The molecule has 0 bridgehead atoms. The van der Waals surface area contributed by atoms with E-state index in [-0.39, 0.29) is 5.97 Å². The summed E-state index contributed by atoms with van der Waals surface area (Å²) in [6.07, 6.45) is 0.437. The second-order valence-electron chi connectivity index (χ2n) is 3.98. The summed E-state index contributed by atoms with van der Waals surface area (Å²) >= 11 is 0. The molecular weight excluding hydrogens is 242 g/mol. The zero-order valence-electron chi connectivity index (χ0n) is 11.3. The van der Waals surface area contributed by atoms with Crippen molar-refractivity contribution in [2.24, 2.45) is 0 Å². The minimum atomic E-state index is -0.374. The third kappa shape index (κ3) is 3.88. The number of benzene rings is 1. The van der Waals surface area contributed by atoms with E-state index in [4.69, 9.17) is 15.7 Å². The number of esters is 1. The van der Waals surface area contributed by atoms with Gasteiger partial charge in [-0.1, -0.05) is 0 Å². The van der Waals surface area contributed by atoms with Gasteiger partial charge in [-0.25, -0.2) is 4.79 Å². The van der Waals surface area contributed by atoms with Crippen LogP contribution in [-0.4, -0.2) is 25.7 Å². The van der Waals surface area contributed by atoms with Gasteiger partial charge < -0.3 is 15.4 Å². The number of ether oxygens (including phenoxy) is 1. The highest BCUT2D eigenvalue weighted by Crippen LogP contribution is 2.24. The van der Waals surface area contributed by atoms with Gasteiger partial charge in [0.05, 0.1) is 36.0 Å². The molecule has 1 aromatic rings. The van der Waals surface area contributed by atoms with Crippen molar-refractivity contribution in [1.29, 1.82) is 5.26 Å². The molecule has 0 aromatic heterocycles. The summed E-state index contributed by atoms with van der Waals surface area (Å²) in [5.41, 5.74) is 7.77. The first kappa shape index (κ1) is 14.8. The summed E-state index contributed by atoms with van der Waals surface area (Å²) in [5.74, 6) is -0.374. The Bertz CT molecular complexity index is 480. The fraction of sp³-hybridized carbons (Fsp3) is 0.429. The average molecular weight is 261 g/mol. The van der Waals surface area contributed by atoms with Crippen LogP contribution < -0.4 is 10.6 Å². The molecule has 0 atom stereocenters. The second-order valence-corrected chi connectivity index (χ2v) is 3.98. The maximum atomic E-state index is 11.6. The van der Waals surface area contributed by atoms with Crippen LogP contribution in [0, 0.1) is 11.3 Å². The largest absolute Gasteiger partial charge is 0.462 e. The highest BCUT2D eigenvalue weighted by Gasteiger charge is 2.12. The summed E-state index contributed by atoms with van der Waals surface area (Å²) in [5, 5.41) is 8.63. The molecule has 0 aliphatic heterocycles. The van der Waals surface area contributed by atoms with Gasteiger partial charge in [0.25, 0.3) is 0 Å². The van der Waals surface area contributed by atoms with Crippen molar-refractivity contribution in [2.45, 2.75) is 20.3 Å². The van der Waals surface area contributed by atoms with Gasteiger partial charge in [-0.2, -0.15) is 5.26 Å². The fourth-order valence-electron chi connectivity index (χ4n) is 1.82. The van der Waals surface area contributed by atoms with Crippen molar-refractivity contribution < 1.29 is 9.53 Å². The number of nitrogens with zero attached hydrogens (tertiary/aromatic N) is 2. The predicted molar refractivity (Wildman–Crippen MR) is 74.9 cm³/mol. The van der Waals surface area contributed by atoms with Gasteiger partial charge >= 0.3 is 5.97 Å². The van der Waals surface area contributed by atoms with Gasteiger partial charge in [-0.3, -0.25) is 0 Å². The van der Waals surface area contributed by atoms with Gasteiger partial charge in [0, 0.05) is 13.1 Å². The van der Waals surface area contributed by atoms with E-state index in [1.54, 1.807) is 25.1 Å². The van der Waals surface area contributed by atoms with E-state index in [1.165, 1.54) is 0 Å². The third-order valence-corrected chi connectivity index (χ3v) is 2.75. The molecule has 0 saturated carbocycles. The van der Waals surface area contributed by atoms with Gasteiger partial charge in [0.1, 0.15) is 0 Å². The van der Waals surface area contributed by atoms with Gasteiger partial charge in [-0.15, -0.1) is 0 Å². The Morgan fingerprint density at radius 2 is 2.21 bits per heavy atom. The van der Waals surface area contributed by atoms with E-state index < -0.39 is 0 Å². The van der Waals surface area contributed by atoms with Crippen LogP contribution in [0.2, 0.25) is 0 Å². The molecule has 0 unspecified atom stereocenters. The normalized spacial score (nSPS) is 9.74. The summed E-state index contributed by atoms with van der Waals surface area (Å²) in [6, 6.07) is 7.21. The SMILES string of the molecule is CCOC(=O)c1ccc(N(CC)CCC#N)c(N)c1. The quantitative estimate of drug-likeness (QED) is 0.627. The lowest BCUT2D eigenvalue weighted by Crippen LogP contribution is -2.24. The van der Waals surface area contributed by atoms with Crippen molar-refractivity contribution in [2.75, 3.05) is 30.3 Å². The standard InChI is InChI=1S/C14H19N3O2/c1-3-17(9-5-8-15)13-7-6-11(10-12(13)16)14(18)19-4-2/h6-7,10H,3-5,9,16H2,1-2H3. The Labute approximate surface area is 113 Å². The molecule has 0 heterocycles. The van der Waals surface area contributed by atoms with Crippen LogP contribution >= 0.6 is 0 Å². The molecule has 5 heteroatoms. The summed E-state index contributed by atoms with van der Waals surface area (Å²) in [7, 11) is 0. The first-order chi connectivity index (χ1) is 9.13. The third-order valence-electron chi connectivity index (χ3n) is 2.75. The molecule has 0 aliphatic rings. The Balaban J connectivity index is 2.92. The van der Waals surface area contributed by atoms with Crippen LogP contribution in [0.15, 0.2) is 18.2 Å². The van der Waals surface area contributed by atoms with Crippen molar-refractivity contribution >= 4 is 17.3 Å². The van der Waals surface area contributed by atoms with Crippen LogP contribution in [0.1, 0.15) is 30.6 Å². The summed E-state index contributed by atoms with van der Waals surface area (Å²) < 4.78 is 4.92. The van der Waals surface area contributed by atoms with E-state index >= 15 is 0 Å². The maximum absolute atomic E-state index is 11.6. The van der Waals surface area contributed by atoms with Gasteiger partial charge in [-0.05, 0) is 32.0 Å². The molecule has 2 N–H and O–H groups in total. The molecule has 102 valence electrons. The molecule has 19 heavy (non-hydrogen) atoms. The fourth-order valence-corrected chi connectivity index (χ4v) is 1.82. The average Bonchev–Trinajstić information content (AvgIpc) is 2.41. The molecule has 0 amide bonds. The van der Waals surface area contributed by atoms with E-state index in [9.17, 15) is 4.79 Å². The second kappa shape index (κ2) is 7.27. The number of carbonyl (C=O) groups is 1. The highest BCUT2D eigenvalue weighted by molar-refractivity contribution is 5.92. The molecule has 1 rings (SSSR count). The van der Waals surface area contributed by atoms with Crippen LogP contribution in [-0.2, 0) is 4.74 Å². The Morgan fingerprint density at radius 1 is 1.47 bits per heavy atom. The van der Waals surface area contributed by atoms with E-state index in [1.807, 2.05) is 11.8 Å². The molecular formula is C14H19N3O2. The monoisotopic (exact) mass is 261 g/mol. The number of nitriles is 1. The molecule has 0 spiro atoms. The van der Waals surface area contributed by atoms with Crippen LogP contribution in [0.4, 0.5) is 11.4 Å². The number of hydrogen-bond acceptors (Lipinski definition) is 5. The number of carbonyl (C=O) groups excluding carboxylic acids is 1. The van der Waals surface area contributed by atoms with Crippen molar-refractivity contribution in [3.63, 3.8) is 0 Å². The lowest BCUT2D eigenvalue weighted by molar-refractivity contribution is 0.0526. The Morgan fingerprint density at radius 3 is 2.74 bits per heavy atom. The molecule has 0 fully saturated rings. The Kier molecular flexibility index (Phi) is 5.68. The predicted octanol–water partition coefficient (Wildman–Crippen LogP) is 2.19. The smallest absolute Gasteiger partial charge is 0.338 e. The van der Waals surface area contributed by atoms with E-state index in [0.29, 0.717) is 30.8 Å². The van der Waals surface area contributed by atoms with Gasteiger partial charge in [0.2, 0.25) is 0 Å². The number of hydrogen-bond donors (Lipinski definition) is 1. The highest BCUT2D eigenvalue weighted by atomic mass is 16.5. The molecule has 0 radical (unpaired) electrons. The van der Waals surface area contributed by atoms with Crippen molar-refractivity contribution in [1.82, 2.24) is 0 Å². The number of nitrogen functional groups attached to an aromatic ring is 1. The van der Waals surface area contributed by atoms with E-state index in [0.717, 1.165) is 12.2 Å². The molecule has 0 saturated heterocycles. The van der Waals surface area contributed by atoms with Crippen LogP contribution in [0.3, 0.4) is 0 Å². The van der Waals surface area contributed by atoms with Crippen LogP contribution in [0.25, 0.3) is 0 Å². The van der Waals surface area contributed by atoms with Crippen molar-refractivity contribution in [3.8, 4) is 6.07 Å². The summed E-state index contributed by atoms with van der Waals surface area (Å²) in [6.45, 7) is 5.47. The minimum Gasteiger partial charge on any atom is -0.462 e. The summed E-state index contributed by atoms with van der Waals surface area (Å²) in [4.78, 5) is 13.6. The zero-order valence-corrected chi connectivity index (χ0v) is 11.3. The lowest BCUT2D eigenvalue weighted by Gasteiger charge is -2.23. The number of anilines is 2. The Hall–Kier alpha value is -2.22. The lowest BCUT2D eigenvalue weighted by atomic mass is 10.1. The minimum absolute atomic E-state index is 0.337.